The third-order valence-electron chi connectivity index (χ3n) is 9.81. The number of allylic oxidation sites excluding steroid dienone is 1. The first-order valence-corrected chi connectivity index (χ1v) is 17.5. The van der Waals surface area contributed by atoms with Gasteiger partial charge in [-0.3, -0.25) is 24.3 Å². The Labute approximate surface area is 296 Å². The summed E-state index contributed by atoms with van der Waals surface area (Å²) in [6.45, 7) is 0.445. The van der Waals surface area contributed by atoms with Crippen LogP contribution in [0.5, 0.6) is 11.5 Å². The Bertz CT molecular complexity index is 1770. The van der Waals surface area contributed by atoms with E-state index in [0.717, 1.165) is 22.4 Å². The Morgan fingerprint density at radius 3 is 2.56 bits per heavy atom. The number of fused-ring (bicyclic) bond motifs is 3. The Morgan fingerprint density at radius 2 is 1.82 bits per heavy atom. The number of phenols is 1. The van der Waals surface area contributed by atoms with E-state index in [0.29, 0.717) is 54.9 Å². The maximum atomic E-state index is 14.0. The van der Waals surface area contributed by atoms with Gasteiger partial charge in [0.05, 0.1) is 28.7 Å². The average Bonchev–Trinajstić information content (AvgIpc) is 3.34. The number of para-hydroxylation sites is 1. The number of carboxylic acids is 1. The molecule has 0 unspecified atom stereocenters. The van der Waals surface area contributed by atoms with Gasteiger partial charge in [-0.05, 0) is 115 Å². The Balaban J connectivity index is 1.29. The molecule has 2 aromatic carbocycles. The number of unbranched alkanes of at least 4 members (excludes halogenated alkanes) is 2. The van der Waals surface area contributed by atoms with E-state index in [1.807, 2.05) is 54.6 Å². The second kappa shape index (κ2) is 16.1. The first kappa shape index (κ1) is 35.4. The number of aliphatic carboxylic acids is 1. The highest BCUT2D eigenvalue weighted by Gasteiger charge is 2.57. The molecule has 3 N–H and O–H groups in total. The van der Waals surface area contributed by atoms with Crippen LogP contribution in [0.3, 0.4) is 0 Å². The molecule has 0 bridgehead atoms. The first-order valence-electron chi connectivity index (χ1n) is 17.1. The van der Waals surface area contributed by atoms with Crippen molar-refractivity contribution in [1.29, 1.82) is 0 Å². The van der Waals surface area contributed by atoms with Gasteiger partial charge in [-0.15, -0.1) is 0 Å². The van der Waals surface area contributed by atoms with E-state index in [1.165, 1.54) is 11.0 Å². The smallest absolute Gasteiger partial charge is 0.455 e. The van der Waals surface area contributed by atoms with Crippen LogP contribution in [0.25, 0.3) is 11.6 Å². The molecule has 3 aromatic rings. The summed E-state index contributed by atoms with van der Waals surface area (Å²) in [6.07, 6.45) is 6.18. The van der Waals surface area contributed by atoms with Crippen molar-refractivity contribution < 1.29 is 39.0 Å². The number of phenolic OH excluding ortho intramolecular Hbond substituents is 1. The first-order chi connectivity index (χ1) is 24.2. The predicted molar refractivity (Wildman–Crippen MR) is 189 cm³/mol. The fourth-order valence-electron chi connectivity index (χ4n) is 7.53. The van der Waals surface area contributed by atoms with Gasteiger partial charge in [0.1, 0.15) is 18.1 Å². The number of hydrogen-bond donors (Lipinski definition) is 3. The maximum absolute atomic E-state index is 14.0. The molecule has 2 aliphatic heterocycles. The number of aromatic nitrogens is 1. The lowest BCUT2D eigenvalue weighted by atomic mass is 9.58. The summed E-state index contributed by atoms with van der Waals surface area (Å²) in [5, 5.41) is 30.3. The molecule has 0 spiro atoms. The number of imide groups is 1. The largest absolute Gasteiger partial charge is 0.508 e. The van der Waals surface area contributed by atoms with Gasteiger partial charge in [0.25, 0.3) is 0 Å². The molecule has 2 fully saturated rings. The van der Waals surface area contributed by atoms with E-state index >= 15 is 0 Å². The number of pyridine rings is 1. The van der Waals surface area contributed by atoms with E-state index in [-0.39, 0.29) is 43.5 Å². The van der Waals surface area contributed by atoms with Crippen molar-refractivity contribution in [3.05, 3.63) is 100 Å². The van der Waals surface area contributed by atoms with Crippen LogP contribution in [-0.2, 0) is 19.0 Å². The predicted octanol–water partition coefficient (Wildman–Crippen LogP) is 6.28. The zero-order valence-corrected chi connectivity index (χ0v) is 28.4. The van der Waals surface area contributed by atoms with Crippen LogP contribution in [0.15, 0.2) is 84.1 Å². The summed E-state index contributed by atoms with van der Waals surface area (Å²) in [6, 6.07) is 19.8. The van der Waals surface area contributed by atoms with E-state index in [2.05, 4.69) is 4.98 Å². The van der Waals surface area contributed by atoms with E-state index < -0.39 is 36.9 Å². The summed E-state index contributed by atoms with van der Waals surface area (Å²) < 4.78 is 12.5. The van der Waals surface area contributed by atoms with Crippen LogP contribution in [0, 0.1) is 17.8 Å². The summed E-state index contributed by atoms with van der Waals surface area (Å²) in [7, 11) is -1.13. The zero-order valence-electron chi connectivity index (χ0n) is 27.6. The molecular weight excluding hydrogens is 659 g/mol. The quantitative estimate of drug-likeness (QED) is 0.0766. The number of benzene rings is 2. The van der Waals surface area contributed by atoms with Gasteiger partial charge in [0, 0.05) is 19.2 Å². The molecule has 4 atom stereocenters. The van der Waals surface area contributed by atoms with Crippen molar-refractivity contribution >= 4 is 48.2 Å². The number of likely N-dealkylation sites (tertiary alicyclic amines) is 1. The van der Waals surface area contributed by atoms with E-state index in [1.54, 1.807) is 18.3 Å². The number of carbonyl (C=O) groups excluding carboxylic acids is 2. The Kier molecular flexibility index (Phi) is 11.4. The average molecular weight is 699 g/mol. The second-order valence-corrected chi connectivity index (χ2v) is 13.5. The van der Waals surface area contributed by atoms with Crippen LogP contribution < -0.4 is 4.74 Å². The molecule has 0 radical (unpaired) electrons. The number of ether oxygens (including phenoxy) is 1. The standard InChI is InChI=1S/C38H40BClN2O8/c40-31-21-27(43)15-13-24(31)19-25(32-11-6-7-17-41-32)14-16-33-35-26(23-49-28-9-3-1-4-10-28)20-29-36(30(35)22-39(48)50-33)38(47)42(37(29)46)18-8-2-5-12-34(44)45/h1,3-4,6-7,9-11,13,15,17,19,21,29-30,33,36,43,48H,2,5,8,12,14,16,18,20,22-23H2,(H,44,45)/b25-19-/t29-,30+,33-,36-/m1/s1. The number of aromatic hydroxyl groups is 1. The van der Waals surface area contributed by atoms with Gasteiger partial charge in [-0.2, -0.15) is 0 Å². The number of carboxylic acid groups (broad SMARTS) is 1. The molecule has 3 heterocycles. The fraction of sp³-hybridized carbons (Fsp3) is 0.368. The lowest BCUT2D eigenvalue weighted by molar-refractivity contribution is -0.141. The molecule has 1 aromatic heterocycles. The minimum absolute atomic E-state index is 0.0474. The fourth-order valence-corrected chi connectivity index (χ4v) is 7.76. The molecule has 50 heavy (non-hydrogen) atoms. The third-order valence-corrected chi connectivity index (χ3v) is 10.1. The highest BCUT2D eigenvalue weighted by atomic mass is 35.5. The minimum atomic E-state index is -1.13. The van der Waals surface area contributed by atoms with Crippen molar-refractivity contribution in [3.8, 4) is 11.5 Å². The summed E-state index contributed by atoms with van der Waals surface area (Å²) >= 11 is 6.48. The molecule has 1 aliphatic carbocycles. The topological polar surface area (TPSA) is 146 Å². The van der Waals surface area contributed by atoms with E-state index in [4.69, 9.17) is 26.1 Å². The van der Waals surface area contributed by atoms with Crippen LogP contribution in [0.4, 0.5) is 0 Å². The monoisotopic (exact) mass is 698 g/mol. The second-order valence-electron chi connectivity index (χ2n) is 13.1. The van der Waals surface area contributed by atoms with Crippen molar-refractivity contribution in [1.82, 2.24) is 9.88 Å². The third kappa shape index (κ3) is 8.12. The molecule has 2 saturated heterocycles. The SMILES string of the molecule is O=C(O)CCCCCN1C(=O)[C@@H]2[C@@H](CC(COc3ccccc3)=C3[C@@H](CC/C(=C/c4ccc(O)cc4Cl)c4ccccn4)OB(O)C[C@@H]32)C1=O. The minimum Gasteiger partial charge on any atom is -0.508 e. The molecule has 3 aliphatic rings. The van der Waals surface area contributed by atoms with Gasteiger partial charge >= 0.3 is 13.1 Å². The van der Waals surface area contributed by atoms with Crippen LogP contribution in [0.2, 0.25) is 11.3 Å². The van der Waals surface area contributed by atoms with Crippen molar-refractivity contribution in [2.24, 2.45) is 17.8 Å². The molecular formula is C38H40BClN2O8. The van der Waals surface area contributed by atoms with Crippen LogP contribution in [0.1, 0.15) is 56.2 Å². The number of carbonyl (C=O) groups is 3. The number of rotatable bonds is 14. The number of halogens is 1. The lowest BCUT2D eigenvalue weighted by Crippen LogP contribution is -2.46. The number of nitrogens with zero attached hydrogens (tertiary/aromatic N) is 2. The normalized spacial score (nSPS) is 22.1. The summed E-state index contributed by atoms with van der Waals surface area (Å²) in [5.41, 5.74) is 4.12. The zero-order chi connectivity index (χ0) is 35.2. The van der Waals surface area contributed by atoms with Crippen molar-refractivity contribution in [2.45, 2.75) is 57.4 Å². The molecule has 2 amide bonds. The van der Waals surface area contributed by atoms with Gasteiger partial charge in [-0.1, -0.05) is 42.3 Å². The molecule has 0 saturated carbocycles. The number of hydrogen-bond acceptors (Lipinski definition) is 8. The summed E-state index contributed by atoms with van der Waals surface area (Å²) in [5.74, 6) is -2.21. The van der Waals surface area contributed by atoms with Gasteiger partial charge in [0.15, 0.2) is 0 Å². The lowest BCUT2D eigenvalue weighted by Gasteiger charge is -2.43. The Morgan fingerprint density at radius 1 is 1.02 bits per heavy atom. The highest BCUT2D eigenvalue weighted by Crippen LogP contribution is 2.51. The highest BCUT2D eigenvalue weighted by molar-refractivity contribution is 6.43. The molecule has 10 nitrogen and oxygen atoms in total. The van der Waals surface area contributed by atoms with Crippen LogP contribution >= 0.6 is 11.6 Å². The molecule has 260 valence electrons. The van der Waals surface area contributed by atoms with E-state index in [9.17, 15) is 24.5 Å². The Hall–Kier alpha value is -4.45. The number of amides is 2. The maximum Gasteiger partial charge on any atom is 0.455 e. The van der Waals surface area contributed by atoms with Crippen molar-refractivity contribution in [2.75, 3.05) is 13.2 Å². The van der Waals surface area contributed by atoms with Crippen LogP contribution in [-0.4, -0.2) is 69.3 Å². The molecule has 6 rings (SSSR count). The summed E-state index contributed by atoms with van der Waals surface area (Å²) in [4.78, 5) is 44.6. The van der Waals surface area contributed by atoms with Crippen molar-refractivity contribution in [3.63, 3.8) is 0 Å². The van der Waals surface area contributed by atoms with Gasteiger partial charge < -0.3 is 24.6 Å². The van der Waals surface area contributed by atoms with Gasteiger partial charge in [0.2, 0.25) is 11.8 Å². The van der Waals surface area contributed by atoms with Gasteiger partial charge in [-0.25, -0.2) is 0 Å². The molecule has 12 heteroatoms.